The Kier molecular flexibility index (Phi) is 6.55. The van der Waals surface area contributed by atoms with Crippen LogP contribution in [0.25, 0.3) is 0 Å². The van der Waals surface area contributed by atoms with Crippen molar-refractivity contribution >= 4 is 5.91 Å². The number of carbonyl (C=O) groups excluding carboxylic acids is 1. The average Bonchev–Trinajstić information content (AvgIpc) is 2.83. The molecular formula is C27H39NO5. The first-order chi connectivity index (χ1) is 15.9. The number of aliphatic hydroxyl groups excluding tert-OH is 1. The van der Waals surface area contributed by atoms with Crippen molar-refractivity contribution in [1.29, 1.82) is 0 Å². The maximum Gasteiger partial charge on any atom is 0.223 e. The summed E-state index contributed by atoms with van der Waals surface area (Å²) in [7, 11) is 0. The topological polar surface area (TPSA) is 68.2 Å². The summed E-state index contributed by atoms with van der Waals surface area (Å²) in [5.41, 5.74) is 1.04. The van der Waals surface area contributed by atoms with E-state index in [4.69, 9.17) is 14.2 Å². The zero-order chi connectivity index (χ0) is 23.1. The Morgan fingerprint density at radius 3 is 2.61 bits per heavy atom. The Balaban J connectivity index is 1.30. The molecule has 6 nitrogen and oxygen atoms in total. The van der Waals surface area contributed by atoms with Crippen molar-refractivity contribution < 1.29 is 24.1 Å². The fourth-order valence-corrected chi connectivity index (χ4v) is 7.33. The molecule has 6 heteroatoms. The van der Waals surface area contributed by atoms with Crippen molar-refractivity contribution in [1.82, 2.24) is 4.90 Å². The summed E-state index contributed by atoms with van der Waals surface area (Å²) in [4.78, 5) is 15.0. The minimum absolute atomic E-state index is 0.0218. The Labute approximate surface area is 197 Å². The lowest BCUT2D eigenvalue weighted by Gasteiger charge is -2.63. The largest absolute Gasteiger partial charge is 0.393 e. The van der Waals surface area contributed by atoms with Gasteiger partial charge in [-0.3, -0.25) is 4.79 Å². The molecule has 33 heavy (non-hydrogen) atoms. The summed E-state index contributed by atoms with van der Waals surface area (Å²) >= 11 is 0. The van der Waals surface area contributed by atoms with Gasteiger partial charge in [-0.2, -0.15) is 0 Å². The van der Waals surface area contributed by atoms with Crippen molar-refractivity contribution in [2.45, 2.75) is 70.9 Å². The van der Waals surface area contributed by atoms with Crippen molar-refractivity contribution in [3.05, 3.63) is 35.9 Å². The lowest BCUT2D eigenvalue weighted by Crippen LogP contribution is -2.63. The van der Waals surface area contributed by atoms with E-state index >= 15 is 0 Å². The van der Waals surface area contributed by atoms with Crippen LogP contribution in [0, 0.1) is 22.7 Å². The fourth-order valence-electron chi connectivity index (χ4n) is 7.33. The van der Waals surface area contributed by atoms with Crippen LogP contribution in [-0.2, 0) is 25.4 Å². The molecule has 1 N–H and O–H groups in total. The van der Waals surface area contributed by atoms with E-state index in [1.165, 1.54) is 5.56 Å². The van der Waals surface area contributed by atoms with Gasteiger partial charge in [-0.1, -0.05) is 44.2 Å². The van der Waals surface area contributed by atoms with Crippen LogP contribution in [0.15, 0.2) is 30.3 Å². The number of fused-ring (bicyclic) bond motifs is 3. The van der Waals surface area contributed by atoms with Gasteiger partial charge < -0.3 is 24.2 Å². The minimum Gasteiger partial charge on any atom is -0.393 e. The predicted octanol–water partition coefficient (Wildman–Crippen LogP) is 3.41. The maximum atomic E-state index is 13.1. The summed E-state index contributed by atoms with van der Waals surface area (Å²) in [6.45, 7) is 7.84. The molecule has 0 aromatic heterocycles. The molecule has 5 rings (SSSR count). The number of rotatable bonds is 4. The third kappa shape index (κ3) is 4.36. The van der Waals surface area contributed by atoms with Crippen LogP contribution < -0.4 is 0 Å². The van der Waals surface area contributed by atoms with E-state index in [0.717, 1.165) is 32.1 Å². The van der Waals surface area contributed by atoms with Gasteiger partial charge in [0.25, 0.3) is 0 Å². The van der Waals surface area contributed by atoms with Gasteiger partial charge in [0.2, 0.25) is 5.91 Å². The highest BCUT2D eigenvalue weighted by atomic mass is 16.7. The summed E-state index contributed by atoms with van der Waals surface area (Å²) in [5.74, 6) is 0.509. The number of hydrogen-bond donors (Lipinski definition) is 1. The van der Waals surface area contributed by atoms with Gasteiger partial charge in [-0.25, -0.2) is 0 Å². The van der Waals surface area contributed by atoms with Crippen LogP contribution in [0.4, 0.5) is 0 Å². The standard InChI is InChI=1S/C27H39NO5/c1-26-11-10-23-27(2,18-32-25(33-23)16-19-6-4-3-5-7-19)22(26)9-8-21(29)20(26)17-24(30)28-12-14-31-15-13-28/h3-7,20-23,25,29H,8-18H2,1-2H3. The van der Waals surface area contributed by atoms with E-state index in [2.05, 4.69) is 38.1 Å². The van der Waals surface area contributed by atoms with Gasteiger partial charge >= 0.3 is 0 Å². The van der Waals surface area contributed by atoms with E-state index < -0.39 is 6.10 Å². The number of amides is 1. The Morgan fingerprint density at radius 1 is 1.09 bits per heavy atom. The van der Waals surface area contributed by atoms with Crippen molar-refractivity contribution in [3.63, 3.8) is 0 Å². The Bertz CT molecular complexity index is 827. The molecule has 2 saturated heterocycles. The quantitative estimate of drug-likeness (QED) is 0.751. The molecule has 2 saturated carbocycles. The molecule has 0 radical (unpaired) electrons. The van der Waals surface area contributed by atoms with E-state index in [0.29, 0.717) is 45.2 Å². The minimum atomic E-state index is -0.423. The molecule has 2 aliphatic carbocycles. The number of nitrogens with zero attached hydrogens (tertiary/aromatic N) is 1. The molecular weight excluding hydrogens is 418 g/mol. The second kappa shape index (κ2) is 9.29. The van der Waals surface area contributed by atoms with Crippen LogP contribution in [0.1, 0.15) is 51.5 Å². The van der Waals surface area contributed by atoms with Crippen LogP contribution in [-0.4, -0.2) is 67.3 Å². The lowest BCUT2D eigenvalue weighted by atomic mass is 9.46. The van der Waals surface area contributed by atoms with Gasteiger partial charge in [0.15, 0.2) is 6.29 Å². The number of aliphatic hydroxyl groups is 1. The summed E-state index contributed by atoms with van der Waals surface area (Å²) in [6, 6.07) is 10.4. The maximum absolute atomic E-state index is 13.1. The summed E-state index contributed by atoms with van der Waals surface area (Å²) in [5, 5.41) is 11.0. The highest BCUT2D eigenvalue weighted by Gasteiger charge is 2.61. The molecule has 2 heterocycles. The predicted molar refractivity (Wildman–Crippen MR) is 124 cm³/mol. The number of benzene rings is 1. The van der Waals surface area contributed by atoms with E-state index in [1.807, 2.05) is 11.0 Å². The Morgan fingerprint density at radius 2 is 1.85 bits per heavy atom. The molecule has 0 bridgehead atoms. The number of ether oxygens (including phenoxy) is 3. The first-order valence-electron chi connectivity index (χ1n) is 12.7. The molecule has 4 fully saturated rings. The van der Waals surface area contributed by atoms with Gasteiger partial charge in [-0.05, 0) is 48.5 Å². The van der Waals surface area contributed by atoms with Crippen LogP contribution in [0.3, 0.4) is 0 Å². The molecule has 2 aliphatic heterocycles. The normalized spacial score (nSPS) is 41.2. The van der Waals surface area contributed by atoms with Crippen molar-refractivity contribution in [2.24, 2.45) is 22.7 Å². The number of hydrogen-bond acceptors (Lipinski definition) is 5. The number of morpholine rings is 1. The highest BCUT2D eigenvalue weighted by molar-refractivity contribution is 5.76. The molecule has 1 aromatic carbocycles. The van der Waals surface area contributed by atoms with Crippen LogP contribution in [0.2, 0.25) is 0 Å². The molecule has 7 unspecified atom stereocenters. The van der Waals surface area contributed by atoms with Gasteiger partial charge in [0.05, 0.1) is 32.0 Å². The van der Waals surface area contributed by atoms with Crippen molar-refractivity contribution in [2.75, 3.05) is 32.9 Å². The SMILES string of the molecule is CC12COC(Cc3ccccc3)OC1CCC1(C)C(CC(=O)N3CCOCC3)C(O)CCC21. The first-order valence-corrected chi connectivity index (χ1v) is 12.7. The third-order valence-electron chi connectivity index (χ3n) is 9.24. The molecule has 7 atom stereocenters. The van der Waals surface area contributed by atoms with Gasteiger partial charge in [-0.15, -0.1) is 0 Å². The molecule has 4 aliphatic rings. The fraction of sp³-hybridized carbons (Fsp3) is 0.741. The second-order valence-electron chi connectivity index (χ2n) is 11.1. The van der Waals surface area contributed by atoms with Crippen LogP contribution in [0.5, 0.6) is 0 Å². The summed E-state index contributed by atoms with van der Waals surface area (Å²) < 4.78 is 18.3. The number of carbonyl (C=O) groups is 1. The monoisotopic (exact) mass is 457 g/mol. The molecule has 1 amide bonds. The van der Waals surface area contributed by atoms with Gasteiger partial charge in [0, 0.05) is 31.3 Å². The first kappa shape index (κ1) is 23.3. The van der Waals surface area contributed by atoms with Crippen molar-refractivity contribution in [3.8, 4) is 0 Å². The summed E-state index contributed by atoms with van der Waals surface area (Å²) in [6.07, 6.45) is 4.36. The van der Waals surface area contributed by atoms with E-state index in [-0.39, 0.29) is 35.0 Å². The van der Waals surface area contributed by atoms with E-state index in [1.54, 1.807) is 0 Å². The van der Waals surface area contributed by atoms with E-state index in [9.17, 15) is 9.90 Å². The zero-order valence-electron chi connectivity index (χ0n) is 20.1. The van der Waals surface area contributed by atoms with Gasteiger partial charge in [0.1, 0.15) is 0 Å². The lowest BCUT2D eigenvalue weighted by molar-refractivity contribution is -0.308. The second-order valence-corrected chi connectivity index (χ2v) is 11.1. The molecule has 182 valence electrons. The highest BCUT2D eigenvalue weighted by Crippen LogP contribution is 2.62. The van der Waals surface area contributed by atoms with Crippen LogP contribution >= 0.6 is 0 Å². The zero-order valence-corrected chi connectivity index (χ0v) is 20.1. The Hall–Kier alpha value is -1.47. The smallest absolute Gasteiger partial charge is 0.223 e. The molecule has 1 aromatic rings. The third-order valence-corrected chi connectivity index (χ3v) is 9.24. The average molecular weight is 458 g/mol. The molecule has 0 spiro atoms.